The average molecular weight is 409 g/mol. The Hall–Kier alpha value is -2.17. The molecule has 154 valence electrons. The number of hydrogen-bond donors (Lipinski definition) is 2. The highest BCUT2D eigenvalue weighted by molar-refractivity contribution is 6.17. The maximum atomic E-state index is 12.7. The minimum atomic E-state index is -0.595. The smallest absolute Gasteiger partial charge is 0.411 e. The maximum Gasteiger partial charge on any atom is 0.411 e. The third-order valence-electron chi connectivity index (χ3n) is 4.34. The van der Waals surface area contributed by atoms with Crippen LogP contribution >= 0.6 is 11.6 Å². The highest BCUT2D eigenvalue weighted by Crippen LogP contribution is 2.41. The van der Waals surface area contributed by atoms with Crippen LogP contribution in [0.3, 0.4) is 0 Å². The van der Waals surface area contributed by atoms with Crippen LogP contribution in [-0.4, -0.2) is 42.8 Å². The fourth-order valence-electron chi connectivity index (χ4n) is 3.11. The summed E-state index contributed by atoms with van der Waals surface area (Å²) in [5, 5.41) is 15.8. The lowest BCUT2D eigenvalue weighted by Gasteiger charge is -2.27. The quantitative estimate of drug-likeness (QED) is 0.384. The van der Waals surface area contributed by atoms with Gasteiger partial charge < -0.3 is 20.1 Å². The number of rotatable bonds is 8. The third-order valence-corrected chi connectivity index (χ3v) is 4.61. The minimum absolute atomic E-state index is 0.197. The summed E-state index contributed by atoms with van der Waals surface area (Å²) in [5.41, 5.74) is 2.14. The summed E-state index contributed by atoms with van der Waals surface area (Å²) in [7, 11) is 1.60. The number of halogens is 1. The Labute approximate surface area is 171 Å². The number of hydrogen-bond acceptors (Lipinski definition) is 6. The summed E-state index contributed by atoms with van der Waals surface area (Å²) in [4.78, 5) is 14.3. The molecule has 1 amide bonds. The van der Waals surface area contributed by atoms with Gasteiger partial charge in [0.25, 0.3) is 0 Å². The largest absolute Gasteiger partial charge is 0.495 e. The SMILES string of the molecule is COc1cc2c(cc1NCNCCCCl)CN(C(=O)OC(C)(C)C)C2CC#N. The van der Waals surface area contributed by atoms with Crippen molar-refractivity contribution < 1.29 is 14.3 Å². The number of carbonyl (C=O) groups is 1. The zero-order chi connectivity index (χ0) is 20.7. The Morgan fingerprint density at radius 2 is 2.18 bits per heavy atom. The number of benzene rings is 1. The molecule has 1 heterocycles. The molecule has 7 nitrogen and oxygen atoms in total. The number of nitrogens with zero attached hydrogens (tertiary/aromatic N) is 2. The summed E-state index contributed by atoms with van der Waals surface area (Å²) in [5.74, 6) is 1.29. The van der Waals surface area contributed by atoms with Crippen molar-refractivity contribution in [3.05, 3.63) is 23.3 Å². The van der Waals surface area contributed by atoms with Crippen LogP contribution in [0.1, 0.15) is 50.8 Å². The number of carbonyl (C=O) groups excluding carboxylic acids is 1. The summed E-state index contributed by atoms with van der Waals surface area (Å²) >= 11 is 5.68. The van der Waals surface area contributed by atoms with E-state index in [0.29, 0.717) is 24.8 Å². The van der Waals surface area contributed by atoms with Crippen molar-refractivity contribution in [2.24, 2.45) is 0 Å². The first-order chi connectivity index (χ1) is 13.3. The first kappa shape index (κ1) is 22.1. The van der Waals surface area contributed by atoms with E-state index in [1.165, 1.54) is 0 Å². The average Bonchev–Trinajstić information content (AvgIpc) is 2.97. The fraction of sp³-hybridized carbons (Fsp3) is 0.600. The van der Waals surface area contributed by atoms with Crippen molar-refractivity contribution in [2.75, 3.05) is 31.5 Å². The highest BCUT2D eigenvalue weighted by atomic mass is 35.5. The van der Waals surface area contributed by atoms with Crippen LogP contribution in [0.15, 0.2) is 12.1 Å². The van der Waals surface area contributed by atoms with Gasteiger partial charge in [-0.3, -0.25) is 4.90 Å². The number of nitriles is 1. The molecule has 0 radical (unpaired) electrons. The summed E-state index contributed by atoms with van der Waals surface area (Å²) in [6, 6.07) is 5.71. The molecule has 1 atom stereocenters. The summed E-state index contributed by atoms with van der Waals surface area (Å²) in [6.07, 6.45) is 0.674. The lowest BCUT2D eigenvalue weighted by atomic mass is 10.0. The van der Waals surface area contributed by atoms with Gasteiger partial charge in [0.2, 0.25) is 0 Å². The Balaban J connectivity index is 2.21. The second kappa shape index (κ2) is 9.85. The molecule has 28 heavy (non-hydrogen) atoms. The monoisotopic (exact) mass is 408 g/mol. The molecule has 0 aromatic heterocycles. The molecule has 2 N–H and O–H groups in total. The molecular formula is C20H29ClN4O3. The Kier molecular flexibility index (Phi) is 7.78. The molecule has 0 aliphatic carbocycles. The van der Waals surface area contributed by atoms with E-state index in [0.717, 1.165) is 29.8 Å². The van der Waals surface area contributed by atoms with E-state index in [1.54, 1.807) is 12.0 Å². The molecule has 1 aliphatic heterocycles. The van der Waals surface area contributed by atoms with Gasteiger partial charge in [-0.2, -0.15) is 5.26 Å². The molecule has 1 unspecified atom stereocenters. The lowest BCUT2D eigenvalue weighted by molar-refractivity contribution is 0.0175. The molecule has 0 fully saturated rings. The molecule has 1 aromatic carbocycles. The van der Waals surface area contributed by atoms with Crippen LogP contribution < -0.4 is 15.4 Å². The van der Waals surface area contributed by atoms with E-state index < -0.39 is 11.7 Å². The Morgan fingerprint density at radius 3 is 2.79 bits per heavy atom. The zero-order valence-electron chi connectivity index (χ0n) is 17.0. The summed E-state index contributed by atoms with van der Waals surface area (Å²) < 4.78 is 11.1. The van der Waals surface area contributed by atoms with E-state index in [1.807, 2.05) is 32.9 Å². The Bertz CT molecular complexity index is 727. The first-order valence-corrected chi connectivity index (χ1v) is 9.92. The van der Waals surface area contributed by atoms with Gasteiger partial charge in [0.15, 0.2) is 0 Å². The van der Waals surface area contributed by atoms with E-state index in [9.17, 15) is 10.1 Å². The third kappa shape index (κ3) is 5.66. The molecular weight excluding hydrogens is 380 g/mol. The fourth-order valence-corrected chi connectivity index (χ4v) is 3.25. The first-order valence-electron chi connectivity index (χ1n) is 9.38. The van der Waals surface area contributed by atoms with E-state index >= 15 is 0 Å². The van der Waals surface area contributed by atoms with Gasteiger partial charge in [0.05, 0.1) is 44.5 Å². The molecule has 2 rings (SSSR count). The second-order valence-electron chi connectivity index (χ2n) is 7.63. The van der Waals surface area contributed by atoms with Gasteiger partial charge >= 0.3 is 6.09 Å². The van der Waals surface area contributed by atoms with Crippen molar-refractivity contribution in [1.82, 2.24) is 10.2 Å². The van der Waals surface area contributed by atoms with Gasteiger partial charge in [-0.1, -0.05) is 0 Å². The van der Waals surface area contributed by atoms with Crippen LogP contribution in [0.2, 0.25) is 0 Å². The van der Waals surface area contributed by atoms with Crippen LogP contribution in [-0.2, 0) is 11.3 Å². The van der Waals surface area contributed by atoms with Crippen LogP contribution in [0.4, 0.5) is 10.5 Å². The van der Waals surface area contributed by atoms with Crippen LogP contribution in [0.5, 0.6) is 5.75 Å². The topological polar surface area (TPSA) is 86.6 Å². The number of amides is 1. The number of fused-ring (bicyclic) bond motifs is 1. The number of nitrogens with one attached hydrogen (secondary N) is 2. The molecule has 0 bridgehead atoms. The molecule has 1 aliphatic rings. The number of alkyl halides is 1. The van der Waals surface area contributed by atoms with Crippen molar-refractivity contribution in [2.45, 2.75) is 51.8 Å². The molecule has 0 saturated heterocycles. The van der Waals surface area contributed by atoms with E-state index in [4.69, 9.17) is 21.1 Å². The van der Waals surface area contributed by atoms with Crippen LogP contribution in [0.25, 0.3) is 0 Å². The number of anilines is 1. The van der Waals surface area contributed by atoms with Crippen molar-refractivity contribution in [1.29, 1.82) is 5.26 Å². The molecule has 1 aromatic rings. The summed E-state index contributed by atoms with van der Waals surface area (Å²) in [6.45, 7) is 7.28. The molecule has 8 heteroatoms. The highest BCUT2D eigenvalue weighted by Gasteiger charge is 2.37. The van der Waals surface area contributed by atoms with Crippen molar-refractivity contribution in [3.8, 4) is 11.8 Å². The van der Waals surface area contributed by atoms with Crippen molar-refractivity contribution in [3.63, 3.8) is 0 Å². The maximum absolute atomic E-state index is 12.7. The number of ether oxygens (including phenoxy) is 2. The van der Waals surface area contributed by atoms with E-state index in [-0.39, 0.29) is 12.5 Å². The predicted molar refractivity (Wildman–Crippen MR) is 110 cm³/mol. The van der Waals surface area contributed by atoms with Gasteiger partial charge in [0.1, 0.15) is 11.4 Å². The Morgan fingerprint density at radius 1 is 1.43 bits per heavy atom. The van der Waals surface area contributed by atoms with E-state index in [2.05, 4.69) is 16.7 Å². The second-order valence-corrected chi connectivity index (χ2v) is 8.01. The van der Waals surface area contributed by atoms with Crippen molar-refractivity contribution >= 4 is 23.4 Å². The van der Waals surface area contributed by atoms with Gasteiger partial charge in [-0.25, -0.2) is 4.79 Å². The predicted octanol–water partition coefficient (Wildman–Crippen LogP) is 3.99. The zero-order valence-corrected chi connectivity index (χ0v) is 17.7. The molecule has 0 saturated carbocycles. The van der Waals surface area contributed by atoms with Gasteiger partial charge in [0, 0.05) is 5.88 Å². The van der Waals surface area contributed by atoms with Gasteiger partial charge in [-0.15, -0.1) is 11.6 Å². The lowest BCUT2D eigenvalue weighted by Crippen LogP contribution is -2.35. The van der Waals surface area contributed by atoms with Crippen LogP contribution in [0, 0.1) is 11.3 Å². The normalized spacial score (nSPS) is 15.7. The number of methoxy groups -OCH3 is 1. The standard InChI is InChI=1S/C20H29ClN4O3/c1-20(2,3)28-19(26)25-12-14-10-16(24-13-23-9-5-7-21)18(27-4)11-15(14)17(25)6-8-22/h10-11,17,23-24H,5-7,9,12-13H2,1-4H3. The van der Waals surface area contributed by atoms with Gasteiger partial charge in [-0.05, 0) is 57.0 Å². The minimum Gasteiger partial charge on any atom is -0.495 e. The molecule has 0 spiro atoms.